The number of hydrogen-bond donors (Lipinski definition) is 1. The normalized spacial score (nSPS) is 11.7. The minimum Gasteiger partial charge on any atom is -0.493 e. The van der Waals surface area contributed by atoms with E-state index in [9.17, 15) is 22.8 Å². The number of esters is 1. The third-order valence-electron chi connectivity index (χ3n) is 4.62. The molecule has 2 aromatic rings. The summed E-state index contributed by atoms with van der Waals surface area (Å²) >= 11 is 0.688. The molecular weight excluding hydrogens is 483 g/mol. The molecule has 192 valence electrons. The molecule has 1 amide bonds. The predicted octanol–water partition coefficient (Wildman–Crippen LogP) is 6.37. The number of amides is 1. The number of methoxy groups -OCH3 is 1. The minimum absolute atomic E-state index is 0.00109. The Morgan fingerprint density at radius 3 is 2.29 bits per heavy atom. The quantitative estimate of drug-likeness (QED) is 0.372. The zero-order valence-electron chi connectivity index (χ0n) is 20.4. The van der Waals surface area contributed by atoms with E-state index in [0.717, 1.165) is 0 Å². The third-order valence-corrected chi connectivity index (χ3v) is 5.67. The predicted molar refractivity (Wildman–Crippen MR) is 130 cm³/mol. The lowest BCUT2D eigenvalue weighted by Gasteiger charge is -2.19. The van der Waals surface area contributed by atoms with Gasteiger partial charge in [-0.15, -0.1) is 11.8 Å². The summed E-state index contributed by atoms with van der Waals surface area (Å²) in [4.78, 5) is 24.2. The molecule has 1 N–H and O–H groups in total. The molecule has 6 nitrogen and oxygen atoms in total. The molecule has 0 atom stereocenters. The van der Waals surface area contributed by atoms with Gasteiger partial charge in [-0.25, -0.2) is 0 Å². The van der Waals surface area contributed by atoms with Crippen LogP contribution in [0.15, 0.2) is 36.4 Å². The Hall–Kier alpha value is -2.88. The minimum atomic E-state index is -4.31. The molecule has 35 heavy (non-hydrogen) atoms. The molecule has 0 radical (unpaired) electrons. The van der Waals surface area contributed by atoms with Gasteiger partial charge < -0.3 is 19.5 Å². The standard InChI is InChI=1S/C25H30F3NO5S/c1-6-33-22(30)12-16-7-9-20(32-5)21(11-16)34-19-10-8-18(29-23(31)24(2,3)4)13-17(19)14-35-15-25(26,27)28/h7-11,13H,6,12,14-15H2,1-5H3,(H,29,31). The number of rotatable bonds is 10. The van der Waals surface area contributed by atoms with E-state index in [1.807, 2.05) is 0 Å². The molecule has 2 aromatic carbocycles. The molecule has 0 aliphatic rings. The first-order valence-electron chi connectivity index (χ1n) is 10.9. The van der Waals surface area contributed by atoms with E-state index in [4.69, 9.17) is 14.2 Å². The Labute approximate surface area is 207 Å². The Morgan fingerprint density at radius 1 is 1.00 bits per heavy atom. The molecule has 2 rings (SSSR count). The maximum absolute atomic E-state index is 12.7. The number of hydrogen-bond acceptors (Lipinski definition) is 6. The fourth-order valence-electron chi connectivity index (χ4n) is 2.87. The number of carbonyl (C=O) groups excluding carboxylic acids is 2. The fraction of sp³-hybridized carbons (Fsp3) is 0.440. The fourth-order valence-corrected chi connectivity index (χ4v) is 3.65. The van der Waals surface area contributed by atoms with Crippen LogP contribution in [-0.2, 0) is 26.5 Å². The largest absolute Gasteiger partial charge is 0.493 e. The average Bonchev–Trinajstić information content (AvgIpc) is 2.74. The molecule has 0 aromatic heterocycles. The number of ether oxygens (including phenoxy) is 3. The van der Waals surface area contributed by atoms with Crippen molar-refractivity contribution in [2.24, 2.45) is 5.41 Å². The second-order valence-corrected chi connectivity index (χ2v) is 9.69. The summed E-state index contributed by atoms with van der Waals surface area (Å²) in [6.45, 7) is 7.25. The second kappa shape index (κ2) is 12.2. The average molecular weight is 514 g/mol. The van der Waals surface area contributed by atoms with Gasteiger partial charge in [0.2, 0.25) is 5.91 Å². The van der Waals surface area contributed by atoms with Crippen LogP contribution < -0.4 is 14.8 Å². The highest BCUT2D eigenvalue weighted by Crippen LogP contribution is 2.37. The summed E-state index contributed by atoms with van der Waals surface area (Å²) in [5, 5.41) is 2.78. The lowest BCUT2D eigenvalue weighted by Crippen LogP contribution is -2.27. The molecule has 0 unspecified atom stereocenters. The Morgan fingerprint density at radius 2 is 1.69 bits per heavy atom. The van der Waals surface area contributed by atoms with Crippen LogP contribution in [0, 0.1) is 5.41 Å². The molecule has 0 bridgehead atoms. The van der Waals surface area contributed by atoms with E-state index in [2.05, 4.69) is 5.32 Å². The maximum Gasteiger partial charge on any atom is 0.397 e. The molecule has 10 heteroatoms. The van der Waals surface area contributed by atoms with Crippen molar-refractivity contribution in [1.29, 1.82) is 0 Å². The zero-order chi connectivity index (χ0) is 26.2. The van der Waals surface area contributed by atoms with Gasteiger partial charge in [0.1, 0.15) is 5.75 Å². The van der Waals surface area contributed by atoms with E-state index < -0.39 is 23.3 Å². The highest BCUT2D eigenvalue weighted by molar-refractivity contribution is 7.98. The van der Waals surface area contributed by atoms with Gasteiger partial charge >= 0.3 is 12.1 Å². The first-order chi connectivity index (χ1) is 16.3. The van der Waals surface area contributed by atoms with Gasteiger partial charge in [0.05, 0.1) is 25.9 Å². The SMILES string of the molecule is CCOC(=O)Cc1ccc(OC)c(Oc2ccc(NC(=O)C(C)(C)C)cc2CSCC(F)(F)F)c1. The first-order valence-corrected chi connectivity index (χ1v) is 12.1. The molecule has 0 saturated heterocycles. The molecular formula is C25H30F3NO5S. The summed E-state index contributed by atoms with van der Waals surface area (Å²) in [5.74, 6) is -0.665. The smallest absolute Gasteiger partial charge is 0.397 e. The van der Waals surface area contributed by atoms with Crippen molar-refractivity contribution in [2.45, 2.75) is 46.0 Å². The van der Waals surface area contributed by atoms with Crippen molar-refractivity contribution in [2.75, 3.05) is 24.8 Å². The van der Waals surface area contributed by atoms with Crippen molar-refractivity contribution < 1.29 is 37.0 Å². The van der Waals surface area contributed by atoms with Gasteiger partial charge in [0.25, 0.3) is 0 Å². The molecule has 0 aliphatic carbocycles. The van der Waals surface area contributed by atoms with Crippen LogP contribution in [0.25, 0.3) is 0 Å². The van der Waals surface area contributed by atoms with Crippen LogP contribution in [0.4, 0.5) is 18.9 Å². The number of benzene rings is 2. The van der Waals surface area contributed by atoms with Crippen molar-refractivity contribution in [3.05, 3.63) is 47.5 Å². The van der Waals surface area contributed by atoms with Crippen LogP contribution in [0.5, 0.6) is 17.2 Å². The molecule has 0 fully saturated rings. The maximum atomic E-state index is 12.7. The number of alkyl halides is 3. The van der Waals surface area contributed by atoms with Gasteiger partial charge in [0, 0.05) is 22.4 Å². The highest BCUT2D eigenvalue weighted by atomic mass is 32.2. The Bertz CT molecular complexity index is 1030. The second-order valence-electron chi connectivity index (χ2n) is 8.70. The molecule has 0 spiro atoms. The van der Waals surface area contributed by atoms with Crippen molar-refractivity contribution >= 4 is 29.3 Å². The van der Waals surface area contributed by atoms with Crippen LogP contribution >= 0.6 is 11.8 Å². The van der Waals surface area contributed by atoms with Crippen molar-refractivity contribution in [3.63, 3.8) is 0 Å². The zero-order valence-corrected chi connectivity index (χ0v) is 21.2. The van der Waals surface area contributed by atoms with Crippen LogP contribution in [0.1, 0.15) is 38.8 Å². The summed E-state index contributed by atoms with van der Waals surface area (Å²) < 4.78 is 54.6. The van der Waals surface area contributed by atoms with Crippen LogP contribution in [0.2, 0.25) is 0 Å². The van der Waals surface area contributed by atoms with E-state index >= 15 is 0 Å². The summed E-state index contributed by atoms with van der Waals surface area (Å²) in [5.41, 5.74) is 0.889. The lowest BCUT2D eigenvalue weighted by molar-refractivity contribution is -0.142. The number of carbonyl (C=O) groups is 2. The van der Waals surface area contributed by atoms with E-state index in [0.29, 0.717) is 45.8 Å². The van der Waals surface area contributed by atoms with Gasteiger partial charge in [-0.2, -0.15) is 13.2 Å². The van der Waals surface area contributed by atoms with Crippen LogP contribution in [-0.4, -0.2) is 37.5 Å². The highest BCUT2D eigenvalue weighted by Gasteiger charge is 2.27. The lowest BCUT2D eigenvalue weighted by atomic mass is 9.95. The van der Waals surface area contributed by atoms with Crippen LogP contribution in [0.3, 0.4) is 0 Å². The topological polar surface area (TPSA) is 73.9 Å². The number of halogens is 3. The Balaban J connectivity index is 2.36. The molecule has 0 aliphatic heterocycles. The third kappa shape index (κ3) is 9.35. The number of nitrogens with one attached hydrogen (secondary N) is 1. The monoisotopic (exact) mass is 513 g/mol. The molecule has 0 heterocycles. The van der Waals surface area contributed by atoms with Gasteiger partial charge in [-0.3, -0.25) is 9.59 Å². The van der Waals surface area contributed by atoms with Crippen molar-refractivity contribution in [1.82, 2.24) is 0 Å². The van der Waals surface area contributed by atoms with E-state index in [1.54, 1.807) is 64.1 Å². The van der Waals surface area contributed by atoms with Gasteiger partial charge in [-0.1, -0.05) is 26.8 Å². The van der Waals surface area contributed by atoms with E-state index in [-0.39, 0.29) is 24.7 Å². The summed E-state index contributed by atoms with van der Waals surface area (Å²) in [7, 11) is 1.46. The number of thioether (sulfide) groups is 1. The summed E-state index contributed by atoms with van der Waals surface area (Å²) in [6.07, 6.45) is -4.28. The summed E-state index contributed by atoms with van der Waals surface area (Å²) in [6, 6.07) is 9.76. The number of anilines is 1. The van der Waals surface area contributed by atoms with Crippen molar-refractivity contribution in [3.8, 4) is 17.2 Å². The van der Waals surface area contributed by atoms with Gasteiger partial charge in [0.15, 0.2) is 11.5 Å². The Kier molecular flexibility index (Phi) is 9.88. The first kappa shape index (κ1) is 28.4. The van der Waals surface area contributed by atoms with E-state index in [1.165, 1.54) is 7.11 Å². The molecule has 0 saturated carbocycles. The van der Waals surface area contributed by atoms with Gasteiger partial charge in [-0.05, 0) is 42.8 Å².